The van der Waals surface area contributed by atoms with Gasteiger partial charge in [-0.25, -0.2) is 0 Å². The fourth-order valence-corrected chi connectivity index (χ4v) is 2.86. The summed E-state index contributed by atoms with van der Waals surface area (Å²) in [5.74, 6) is 0.427. The number of carbonyl (C=O) groups is 1. The molecule has 0 fully saturated rings. The fourth-order valence-electron chi connectivity index (χ4n) is 2.86. The van der Waals surface area contributed by atoms with E-state index in [-0.39, 0.29) is 16.9 Å². The van der Waals surface area contributed by atoms with E-state index in [0.29, 0.717) is 11.5 Å². The Hall–Kier alpha value is -2.63. The quantitative estimate of drug-likeness (QED) is 0.737. The van der Waals surface area contributed by atoms with Gasteiger partial charge in [-0.1, -0.05) is 26.8 Å². The zero-order valence-corrected chi connectivity index (χ0v) is 13.7. The number of hydrogen-bond acceptors (Lipinski definition) is 5. The van der Waals surface area contributed by atoms with E-state index in [1.54, 1.807) is 13.0 Å². The zero-order chi connectivity index (χ0) is 17.0. The van der Waals surface area contributed by atoms with E-state index in [9.17, 15) is 4.79 Å². The number of anilines is 1. The summed E-state index contributed by atoms with van der Waals surface area (Å²) in [7, 11) is 0. The van der Waals surface area contributed by atoms with Gasteiger partial charge in [0.05, 0.1) is 5.69 Å². The molecule has 0 aromatic heterocycles. The number of nitrogens with two attached hydrogens (primary N) is 2. The van der Waals surface area contributed by atoms with Gasteiger partial charge in [-0.3, -0.25) is 4.79 Å². The molecule has 2 aliphatic rings. The third-order valence-electron chi connectivity index (χ3n) is 3.98. The fraction of sp³-hybridized carbons (Fsp3) is 0.353. The van der Waals surface area contributed by atoms with Crippen LogP contribution in [0.4, 0.5) is 5.69 Å². The first-order valence-electron chi connectivity index (χ1n) is 7.41. The topological polar surface area (TPSA) is 99.6 Å². The second-order valence-electron chi connectivity index (χ2n) is 6.88. The number of allylic oxidation sites excluding steroid dienone is 1. The van der Waals surface area contributed by atoms with E-state index in [2.05, 4.69) is 26.1 Å². The van der Waals surface area contributed by atoms with Crippen LogP contribution in [-0.2, 0) is 14.9 Å². The van der Waals surface area contributed by atoms with Crippen molar-refractivity contribution >= 4 is 11.6 Å². The number of carbonyl (C=O) groups excluding carboxylic acids is 1. The molecule has 1 amide bonds. The van der Waals surface area contributed by atoms with Gasteiger partial charge in [0, 0.05) is 6.08 Å². The molecule has 6 nitrogen and oxygen atoms in total. The van der Waals surface area contributed by atoms with Crippen LogP contribution in [0, 0.1) is 0 Å². The second kappa shape index (κ2) is 4.68. The van der Waals surface area contributed by atoms with Crippen molar-refractivity contribution in [3.63, 3.8) is 0 Å². The van der Waals surface area contributed by atoms with E-state index in [0.717, 1.165) is 11.3 Å². The third-order valence-corrected chi connectivity index (χ3v) is 3.98. The number of primary amides is 1. The standard InChI is InChI=1S/C17H21N3O3/c1-9-8-17(13(14(18)21)15(19)22-9)20-11-7-10(16(2,3)4)5-6-12(11)23-17/h5-8,20H,19H2,1-4H3,(H2,18,21)/t17-/m1/s1. The number of rotatable bonds is 1. The van der Waals surface area contributed by atoms with Crippen LogP contribution in [-0.4, -0.2) is 11.6 Å². The van der Waals surface area contributed by atoms with E-state index in [1.165, 1.54) is 0 Å². The molecule has 6 heteroatoms. The summed E-state index contributed by atoms with van der Waals surface area (Å²) in [6, 6.07) is 5.90. The van der Waals surface area contributed by atoms with Crippen LogP contribution >= 0.6 is 0 Å². The van der Waals surface area contributed by atoms with Crippen molar-refractivity contribution in [1.29, 1.82) is 0 Å². The van der Waals surface area contributed by atoms with Crippen molar-refractivity contribution in [3.05, 3.63) is 47.1 Å². The minimum absolute atomic E-state index is 0.00468. The van der Waals surface area contributed by atoms with Crippen molar-refractivity contribution in [3.8, 4) is 5.75 Å². The molecule has 1 aromatic rings. The molecule has 1 atom stereocenters. The lowest BCUT2D eigenvalue weighted by atomic mass is 9.87. The molecular formula is C17H21N3O3. The maximum Gasteiger partial charge on any atom is 0.256 e. The molecule has 0 aliphatic carbocycles. The van der Waals surface area contributed by atoms with Crippen molar-refractivity contribution in [2.75, 3.05) is 5.32 Å². The summed E-state index contributed by atoms with van der Waals surface area (Å²) in [6.45, 7) is 8.13. The Kier molecular flexibility index (Phi) is 3.11. The van der Waals surface area contributed by atoms with Crippen LogP contribution in [0.25, 0.3) is 0 Å². The van der Waals surface area contributed by atoms with Crippen molar-refractivity contribution in [2.45, 2.75) is 38.8 Å². The van der Waals surface area contributed by atoms with E-state index < -0.39 is 11.6 Å². The van der Waals surface area contributed by atoms with Gasteiger partial charge in [0.15, 0.2) is 0 Å². The Balaban J connectivity index is 2.08. The predicted molar refractivity (Wildman–Crippen MR) is 87.4 cm³/mol. The van der Waals surface area contributed by atoms with Gasteiger partial charge >= 0.3 is 0 Å². The van der Waals surface area contributed by atoms with Gasteiger partial charge in [-0.15, -0.1) is 0 Å². The lowest BCUT2D eigenvalue weighted by Gasteiger charge is -2.31. The molecule has 2 heterocycles. The highest BCUT2D eigenvalue weighted by Gasteiger charge is 2.48. The molecular weight excluding hydrogens is 294 g/mol. The number of amides is 1. The first-order chi connectivity index (χ1) is 10.6. The highest BCUT2D eigenvalue weighted by Crippen LogP contribution is 2.44. The van der Waals surface area contributed by atoms with E-state index in [1.807, 2.05) is 18.2 Å². The maximum absolute atomic E-state index is 11.9. The maximum atomic E-state index is 11.9. The summed E-state index contributed by atoms with van der Waals surface area (Å²) >= 11 is 0. The first-order valence-corrected chi connectivity index (χ1v) is 7.41. The largest absolute Gasteiger partial charge is 0.457 e. The van der Waals surface area contributed by atoms with Crippen LogP contribution < -0.4 is 21.5 Å². The Morgan fingerprint density at radius 3 is 2.61 bits per heavy atom. The number of nitrogens with one attached hydrogen (secondary N) is 1. The van der Waals surface area contributed by atoms with Crippen LogP contribution in [0.5, 0.6) is 5.75 Å². The molecule has 1 aromatic carbocycles. The predicted octanol–water partition coefficient (Wildman–Crippen LogP) is 2.07. The minimum Gasteiger partial charge on any atom is -0.457 e. The Bertz CT molecular complexity index is 759. The smallest absolute Gasteiger partial charge is 0.256 e. The van der Waals surface area contributed by atoms with Gasteiger partial charge in [0.1, 0.15) is 17.1 Å². The lowest BCUT2D eigenvalue weighted by Crippen LogP contribution is -2.48. The van der Waals surface area contributed by atoms with Crippen LogP contribution in [0.1, 0.15) is 33.3 Å². The third kappa shape index (κ3) is 2.40. The average Bonchev–Trinajstić information content (AvgIpc) is 2.72. The average molecular weight is 315 g/mol. The van der Waals surface area contributed by atoms with Gasteiger partial charge in [-0.2, -0.15) is 0 Å². The molecule has 5 N–H and O–H groups in total. The molecule has 0 saturated heterocycles. The number of ether oxygens (including phenoxy) is 2. The van der Waals surface area contributed by atoms with Crippen molar-refractivity contribution in [1.82, 2.24) is 0 Å². The highest BCUT2D eigenvalue weighted by molar-refractivity contribution is 5.97. The number of benzene rings is 1. The first kappa shape index (κ1) is 15.3. The molecule has 3 rings (SSSR count). The Labute approximate surface area is 135 Å². The highest BCUT2D eigenvalue weighted by atomic mass is 16.5. The van der Waals surface area contributed by atoms with Crippen LogP contribution in [0.15, 0.2) is 41.5 Å². The molecule has 0 bridgehead atoms. The summed E-state index contributed by atoms with van der Waals surface area (Å²) in [6.07, 6.45) is 1.67. The van der Waals surface area contributed by atoms with Gasteiger partial charge in [-0.05, 0) is 30.0 Å². The summed E-state index contributed by atoms with van der Waals surface area (Å²) in [5, 5.41) is 3.24. The lowest BCUT2D eigenvalue weighted by molar-refractivity contribution is -0.116. The molecule has 1 spiro atoms. The number of hydrogen-bond donors (Lipinski definition) is 3. The Morgan fingerprint density at radius 1 is 1.30 bits per heavy atom. The number of fused-ring (bicyclic) bond motifs is 1. The molecule has 0 saturated carbocycles. The monoisotopic (exact) mass is 315 g/mol. The molecule has 0 unspecified atom stereocenters. The normalized spacial score (nSPS) is 22.9. The van der Waals surface area contributed by atoms with Crippen LogP contribution in [0.3, 0.4) is 0 Å². The molecule has 2 aliphatic heterocycles. The SMILES string of the molecule is CC1=C[C@]2(Nc3cc(C(C)(C)C)ccc3O2)C(C(N)=O)=C(N)O1. The summed E-state index contributed by atoms with van der Waals surface area (Å²) in [5.41, 5.74) is 12.1. The van der Waals surface area contributed by atoms with Crippen molar-refractivity contribution in [2.24, 2.45) is 11.5 Å². The van der Waals surface area contributed by atoms with Crippen LogP contribution in [0.2, 0.25) is 0 Å². The van der Waals surface area contributed by atoms with Crippen molar-refractivity contribution < 1.29 is 14.3 Å². The van der Waals surface area contributed by atoms with Gasteiger partial charge in [0.25, 0.3) is 5.91 Å². The zero-order valence-electron chi connectivity index (χ0n) is 13.7. The van der Waals surface area contributed by atoms with E-state index in [4.69, 9.17) is 20.9 Å². The van der Waals surface area contributed by atoms with Gasteiger partial charge < -0.3 is 26.3 Å². The minimum atomic E-state index is -1.23. The second-order valence-corrected chi connectivity index (χ2v) is 6.88. The van der Waals surface area contributed by atoms with E-state index >= 15 is 0 Å². The molecule has 0 radical (unpaired) electrons. The summed E-state index contributed by atoms with van der Waals surface area (Å²) < 4.78 is 11.3. The Morgan fingerprint density at radius 2 is 2.00 bits per heavy atom. The van der Waals surface area contributed by atoms with Gasteiger partial charge in [0.2, 0.25) is 11.6 Å². The molecule has 23 heavy (non-hydrogen) atoms. The molecule has 122 valence electrons. The summed E-state index contributed by atoms with van der Waals surface area (Å²) in [4.78, 5) is 11.9.